The minimum Gasteiger partial charge on any atom is -0.268 e. The maximum absolute atomic E-state index is 14.2. The minimum absolute atomic E-state index is 0.0160. The zero-order valence-electron chi connectivity index (χ0n) is 16.8. The molecule has 4 rings (SSSR count). The van der Waals surface area contributed by atoms with E-state index in [4.69, 9.17) is 11.6 Å². The lowest BCUT2D eigenvalue weighted by Crippen LogP contribution is -2.18. The summed E-state index contributed by atoms with van der Waals surface area (Å²) in [6, 6.07) is 18.7. The maximum Gasteiger partial charge on any atom is 0.276 e. The van der Waals surface area contributed by atoms with E-state index in [1.54, 1.807) is 42.5 Å². The van der Waals surface area contributed by atoms with Gasteiger partial charge >= 0.3 is 0 Å². The molecule has 0 bridgehead atoms. The predicted octanol–water partition coefficient (Wildman–Crippen LogP) is 4.74. The fourth-order valence-corrected chi connectivity index (χ4v) is 4.35. The molecule has 0 saturated carbocycles. The first-order valence-corrected chi connectivity index (χ1v) is 11.4. The summed E-state index contributed by atoms with van der Waals surface area (Å²) in [6.07, 6.45) is 1.22. The number of hydrazone groups is 1. The molecule has 3 aromatic carbocycles. The Morgan fingerprint density at radius 3 is 2.41 bits per heavy atom. The Balaban J connectivity index is 1.73. The molecule has 0 aliphatic rings. The lowest BCUT2D eigenvalue weighted by molar-refractivity contribution is 0.0961. The Morgan fingerprint density at radius 2 is 1.69 bits per heavy atom. The summed E-state index contributed by atoms with van der Waals surface area (Å²) in [5.41, 5.74) is 1.54. The lowest BCUT2D eigenvalue weighted by Gasteiger charge is -2.06. The molecule has 1 N–H and O–H groups in total. The Hall–Kier alpha value is -3.49. The molecule has 0 saturated heterocycles. The average Bonchev–Trinajstić information content (AvgIpc) is 3.05. The van der Waals surface area contributed by atoms with Crippen LogP contribution in [0.1, 0.15) is 21.5 Å². The van der Waals surface area contributed by atoms with Crippen LogP contribution >= 0.6 is 11.6 Å². The number of carbonyl (C=O) groups is 1. The van der Waals surface area contributed by atoms with Crippen LogP contribution < -0.4 is 4.83 Å². The molecule has 162 valence electrons. The summed E-state index contributed by atoms with van der Waals surface area (Å²) in [7, 11) is -3.89. The highest BCUT2D eigenvalue weighted by Crippen LogP contribution is 2.30. The molecular formula is C23H17ClFN3O3S. The fraction of sp³-hybridized carbons (Fsp3) is 0.0435. The number of nitrogens with zero attached hydrogens (tertiary/aromatic N) is 2. The highest BCUT2D eigenvalue weighted by molar-refractivity contribution is 7.89. The number of sulfonamides is 1. The van der Waals surface area contributed by atoms with Crippen molar-refractivity contribution >= 4 is 44.6 Å². The van der Waals surface area contributed by atoms with Crippen LogP contribution in [0.2, 0.25) is 5.15 Å². The zero-order chi connectivity index (χ0) is 22.9. The summed E-state index contributed by atoms with van der Waals surface area (Å²) in [4.78, 5) is 15.2. The first-order chi connectivity index (χ1) is 15.3. The summed E-state index contributed by atoms with van der Waals surface area (Å²) in [6.45, 7) is 1.85. The van der Waals surface area contributed by atoms with Crippen molar-refractivity contribution < 1.29 is 17.6 Å². The minimum atomic E-state index is -3.89. The number of nitrogens with one attached hydrogen (secondary N) is 1. The van der Waals surface area contributed by atoms with E-state index in [0.29, 0.717) is 16.5 Å². The van der Waals surface area contributed by atoms with Crippen molar-refractivity contribution in [1.29, 1.82) is 0 Å². The van der Waals surface area contributed by atoms with Crippen LogP contribution in [-0.2, 0) is 10.0 Å². The Labute approximate surface area is 189 Å². The number of hydrogen-bond donors (Lipinski definition) is 1. The Morgan fingerprint density at radius 1 is 1.03 bits per heavy atom. The number of hydrogen-bond acceptors (Lipinski definition) is 4. The maximum atomic E-state index is 14.2. The van der Waals surface area contributed by atoms with Crippen molar-refractivity contribution in [3.63, 3.8) is 0 Å². The topological polar surface area (TPSA) is 80.5 Å². The van der Waals surface area contributed by atoms with Crippen molar-refractivity contribution in [2.45, 2.75) is 11.8 Å². The monoisotopic (exact) mass is 469 g/mol. The Kier molecular flexibility index (Phi) is 5.82. The van der Waals surface area contributed by atoms with Crippen LogP contribution in [0.25, 0.3) is 10.9 Å². The van der Waals surface area contributed by atoms with Gasteiger partial charge in [0.25, 0.3) is 15.9 Å². The number of rotatable bonds is 5. The summed E-state index contributed by atoms with van der Waals surface area (Å²) < 4.78 is 40.3. The molecule has 0 radical (unpaired) electrons. The second-order valence-corrected chi connectivity index (χ2v) is 9.03. The number of aryl methyl sites for hydroxylation is 1. The van der Waals surface area contributed by atoms with Gasteiger partial charge in [0.2, 0.25) is 0 Å². The molecule has 32 heavy (non-hydrogen) atoms. The normalized spacial score (nSPS) is 11.8. The van der Waals surface area contributed by atoms with Gasteiger partial charge in [-0.3, -0.25) is 9.36 Å². The van der Waals surface area contributed by atoms with E-state index in [-0.39, 0.29) is 15.6 Å². The van der Waals surface area contributed by atoms with Gasteiger partial charge in [-0.15, -0.1) is 0 Å². The van der Waals surface area contributed by atoms with Gasteiger partial charge in [-0.05, 0) is 37.3 Å². The number of halogens is 2. The van der Waals surface area contributed by atoms with Gasteiger partial charge in [-0.1, -0.05) is 59.6 Å². The van der Waals surface area contributed by atoms with Crippen LogP contribution in [0, 0.1) is 12.7 Å². The van der Waals surface area contributed by atoms with Crippen molar-refractivity contribution in [2.75, 3.05) is 0 Å². The number of carbonyl (C=O) groups excluding carboxylic acids is 1. The highest BCUT2D eigenvalue weighted by atomic mass is 35.5. The zero-order valence-corrected chi connectivity index (χ0v) is 18.4. The largest absolute Gasteiger partial charge is 0.276 e. The van der Waals surface area contributed by atoms with Crippen LogP contribution in [-0.4, -0.2) is 25.1 Å². The number of fused-ring (bicyclic) bond motifs is 1. The molecule has 0 aliphatic carbocycles. The molecule has 1 heterocycles. The third-order valence-corrected chi connectivity index (χ3v) is 6.47. The smallest absolute Gasteiger partial charge is 0.268 e. The third kappa shape index (κ3) is 4.02. The average molecular weight is 470 g/mol. The van der Waals surface area contributed by atoms with E-state index >= 15 is 0 Å². The van der Waals surface area contributed by atoms with Crippen molar-refractivity contribution in [3.05, 3.63) is 100 Å². The van der Waals surface area contributed by atoms with Crippen LogP contribution in [0.3, 0.4) is 0 Å². The van der Waals surface area contributed by atoms with Gasteiger partial charge in [0.1, 0.15) is 11.0 Å². The first kappa shape index (κ1) is 21.7. The second kappa shape index (κ2) is 8.57. The molecule has 0 fully saturated rings. The summed E-state index contributed by atoms with van der Waals surface area (Å²) >= 11 is 6.48. The number of benzene rings is 3. The molecular weight excluding hydrogens is 453 g/mol. The number of aromatic nitrogens is 1. The molecule has 0 unspecified atom stereocenters. The van der Waals surface area contributed by atoms with Gasteiger partial charge in [0.05, 0.1) is 22.2 Å². The quantitative estimate of drug-likeness (QED) is 0.338. The van der Waals surface area contributed by atoms with Crippen molar-refractivity contribution in [2.24, 2.45) is 5.10 Å². The molecule has 0 spiro atoms. The molecule has 9 heteroatoms. The Bertz CT molecular complexity index is 1460. The molecule has 4 aromatic rings. The van der Waals surface area contributed by atoms with Crippen molar-refractivity contribution in [1.82, 2.24) is 9.40 Å². The van der Waals surface area contributed by atoms with Gasteiger partial charge < -0.3 is 0 Å². The van der Waals surface area contributed by atoms with Gasteiger partial charge in [-0.2, -0.15) is 13.5 Å². The van der Waals surface area contributed by atoms with Gasteiger partial charge in [-0.25, -0.2) is 9.22 Å². The van der Waals surface area contributed by atoms with E-state index in [0.717, 1.165) is 5.56 Å². The van der Waals surface area contributed by atoms with Gasteiger partial charge in [0, 0.05) is 10.9 Å². The third-order valence-electron chi connectivity index (χ3n) is 4.86. The molecule has 0 amide bonds. The van der Waals surface area contributed by atoms with E-state index in [1.807, 2.05) is 6.92 Å². The summed E-state index contributed by atoms with van der Waals surface area (Å²) in [5, 5.41) is 4.38. The standard InChI is InChI=1S/C23H17ClFN3O3S/c1-15-10-12-16(13-11-15)32(30,31)27-26-14-19-17-6-3-5-9-21(17)28(22(19)24)23(29)18-7-2-4-8-20(18)25/h2-14,27H,1H3. The van der Waals surface area contributed by atoms with Crippen LogP contribution in [0.5, 0.6) is 0 Å². The predicted molar refractivity (Wildman–Crippen MR) is 122 cm³/mol. The fourth-order valence-electron chi connectivity index (χ4n) is 3.24. The molecule has 0 aliphatic heterocycles. The lowest BCUT2D eigenvalue weighted by atomic mass is 10.2. The molecule has 1 aromatic heterocycles. The number of para-hydroxylation sites is 1. The molecule has 0 atom stereocenters. The van der Waals surface area contributed by atoms with E-state index in [1.165, 1.54) is 41.1 Å². The van der Waals surface area contributed by atoms with E-state index < -0.39 is 21.7 Å². The first-order valence-electron chi connectivity index (χ1n) is 9.49. The van der Waals surface area contributed by atoms with E-state index in [9.17, 15) is 17.6 Å². The van der Waals surface area contributed by atoms with Gasteiger partial charge in [0.15, 0.2) is 0 Å². The van der Waals surface area contributed by atoms with Crippen LogP contribution in [0.15, 0.2) is 82.8 Å². The van der Waals surface area contributed by atoms with Crippen LogP contribution in [0.4, 0.5) is 4.39 Å². The SMILES string of the molecule is Cc1ccc(S(=O)(=O)NN=Cc2c(Cl)n(C(=O)c3ccccc3F)c3ccccc23)cc1. The highest BCUT2D eigenvalue weighted by Gasteiger charge is 2.22. The van der Waals surface area contributed by atoms with Crippen molar-refractivity contribution in [3.8, 4) is 0 Å². The summed E-state index contributed by atoms with van der Waals surface area (Å²) in [5.74, 6) is -1.32. The van der Waals surface area contributed by atoms with E-state index in [2.05, 4.69) is 9.93 Å². The second-order valence-electron chi connectivity index (χ2n) is 7.01. The molecule has 6 nitrogen and oxygen atoms in total.